The second-order valence-electron chi connectivity index (χ2n) is 2.68. The van der Waals surface area contributed by atoms with Crippen molar-refractivity contribution in [2.75, 3.05) is 0 Å². The summed E-state index contributed by atoms with van der Waals surface area (Å²) >= 11 is 0. The number of carboxylic acids is 1. The highest BCUT2D eigenvalue weighted by atomic mass is 16.4. The van der Waals surface area contributed by atoms with Gasteiger partial charge in [0.1, 0.15) is 5.52 Å². The molecule has 2 aromatic rings. The summed E-state index contributed by atoms with van der Waals surface area (Å²) in [6.07, 6.45) is -0.326. The van der Waals surface area contributed by atoms with Crippen molar-refractivity contribution in [3.63, 3.8) is 0 Å². The van der Waals surface area contributed by atoms with Crippen molar-refractivity contribution in [1.29, 1.82) is 0 Å². The highest BCUT2D eigenvalue weighted by Crippen LogP contribution is 2.15. The lowest BCUT2D eigenvalue weighted by Crippen LogP contribution is -2.10. The van der Waals surface area contributed by atoms with Gasteiger partial charge in [-0.3, -0.25) is 0 Å². The molecule has 2 heterocycles. The number of nitrogens with zero attached hydrogens (tertiary/aromatic N) is 3. The predicted molar refractivity (Wildman–Crippen MR) is 44.3 cm³/mol. The van der Waals surface area contributed by atoms with Gasteiger partial charge in [0.2, 0.25) is 5.65 Å². The van der Waals surface area contributed by atoms with Crippen LogP contribution in [0.3, 0.4) is 0 Å². The van der Waals surface area contributed by atoms with Crippen LogP contribution in [0.4, 0.5) is 0 Å². The molecule has 0 fully saturated rings. The Morgan fingerprint density at radius 1 is 1.50 bits per heavy atom. The van der Waals surface area contributed by atoms with Crippen molar-refractivity contribution in [2.45, 2.75) is 6.10 Å². The number of carboxylic acid groups (broad SMARTS) is 1. The van der Waals surface area contributed by atoms with Gasteiger partial charge in [0.25, 0.3) is 0 Å². The van der Waals surface area contributed by atoms with Gasteiger partial charge in [-0.15, -0.1) is 5.10 Å². The van der Waals surface area contributed by atoms with Gasteiger partial charge in [-0.1, -0.05) is 0 Å². The number of fused-ring (bicyclic) bond motifs is 1. The second-order valence-corrected chi connectivity index (χ2v) is 2.68. The average molecular weight is 194 g/mol. The Morgan fingerprint density at radius 3 is 3.00 bits per heavy atom. The smallest absolute Gasteiger partial charge is 0.337 e. The lowest BCUT2D eigenvalue weighted by molar-refractivity contribution is -0.146. The molecule has 0 bridgehead atoms. The van der Waals surface area contributed by atoms with Crippen molar-refractivity contribution in [2.24, 2.45) is 0 Å². The lowest BCUT2D eigenvalue weighted by atomic mass is 10.1. The molecule has 7 nitrogen and oxygen atoms in total. The van der Waals surface area contributed by atoms with E-state index < -0.39 is 12.1 Å². The molecular weight excluding hydrogens is 188 g/mol. The zero-order valence-corrected chi connectivity index (χ0v) is 6.88. The van der Waals surface area contributed by atoms with Crippen LogP contribution in [0.15, 0.2) is 12.3 Å². The first-order chi connectivity index (χ1) is 6.68. The SMILES string of the molecule is O=C(O)C(O)c1cnc2n[nH]nc2c1. The summed E-state index contributed by atoms with van der Waals surface area (Å²) in [6.45, 7) is 0. The highest BCUT2D eigenvalue weighted by molar-refractivity contribution is 5.76. The van der Waals surface area contributed by atoms with Gasteiger partial charge in [0, 0.05) is 11.8 Å². The van der Waals surface area contributed by atoms with Crippen LogP contribution >= 0.6 is 0 Å². The van der Waals surface area contributed by atoms with Crippen molar-refractivity contribution in [1.82, 2.24) is 20.4 Å². The number of carbonyl (C=O) groups is 1. The molecule has 0 radical (unpaired) electrons. The number of rotatable bonds is 2. The van der Waals surface area contributed by atoms with E-state index in [1.54, 1.807) is 0 Å². The monoisotopic (exact) mass is 194 g/mol. The van der Waals surface area contributed by atoms with E-state index in [4.69, 9.17) is 5.11 Å². The molecule has 0 saturated carbocycles. The Balaban J connectivity index is 2.48. The van der Waals surface area contributed by atoms with Gasteiger partial charge in [-0.25, -0.2) is 9.78 Å². The molecule has 72 valence electrons. The summed E-state index contributed by atoms with van der Waals surface area (Å²) in [7, 11) is 0. The summed E-state index contributed by atoms with van der Waals surface area (Å²) in [5.41, 5.74) is 0.980. The highest BCUT2D eigenvalue weighted by Gasteiger charge is 2.17. The van der Waals surface area contributed by atoms with Gasteiger partial charge in [0.15, 0.2) is 6.10 Å². The van der Waals surface area contributed by atoms with Crippen LogP contribution in [-0.4, -0.2) is 36.6 Å². The van der Waals surface area contributed by atoms with Crippen LogP contribution in [-0.2, 0) is 4.79 Å². The quantitative estimate of drug-likeness (QED) is 0.592. The maximum atomic E-state index is 10.5. The van der Waals surface area contributed by atoms with E-state index in [-0.39, 0.29) is 5.56 Å². The van der Waals surface area contributed by atoms with E-state index in [1.807, 2.05) is 0 Å². The summed E-state index contributed by atoms with van der Waals surface area (Å²) < 4.78 is 0. The second kappa shape index (κ2) is 3.04. The Labute approximate surface area is 77.4 Å². The third kappa shape index (κ3) is 1.29. The molecule has 0 aliphatic heterocycles. The minimum absolute atomic E-state index is 0.180. The molecule has 0 amide bonds. The molecule has 2 rings (SSSR count). The predicted octanol–water partition coefficient (Wildman–Crippen LogP) is -0.529. The van der Waals surface area contributed by atoms with Gasteiger partial charge >= 0.3 is 5.97 Å². The number of aliphatic carboxylic acids is 1. The molecule has 3 N–H and O–H groups in total. The molecule has 14 heavy (non-hydrogen) atoms. The van der Waals surface area contributed by atoms with Gasteiger partial charge in [-0.2, -0.15) is 10.3 Å². The third-order valence-corrected chi connectivity index (χ3v) is 1.74. The van der Waals surface area contributed by atoms with Crippen molar-refractivity contribution in [3.8, 4) is 0 Å². The van der Waals surface area contributed by atoms with Crippen LogP contribution < -0.4 is 0 Å². The van der Waals surface area contributed by atoms with Crippen LogP contribution in [0.25, 0.3) is 11.2 Å². The molecular formula is C7H6N4O3. The first-order valence-electron chi connectivity index (χ1n) is 3.76. The topological polar surface area (TPSA) is 112 Å². The number of aliphatic hydroxyl groups excluding tert-OH is 1. The minimum atomic E-state index is -1.58. The normalized spacial score (nSPS) is 12.9. The Bertz CT molecular complexity index is 480. The number of pyridine rings is 1. The maximum Gasteiger partial charge on any atom is 0.337 e. The van der Waals surface area contributed by atoms with Crippen molar-refractivity contribution >= 4 is 17.1 Å². The lowest BCUT2D eigenvalue weighted by Gasteiger charge is -2.03. The molecule has 0 saturated heterocycles. The first-order valence-corrected chi connectivity index (χ1v) is 3.76. The summed E-state index contributed by atoms with van der Waals surface area (Å²) in [6, 6.07) is 1.42. The molecule has 7 heteroatoms. The molecule has 0 aliphatic carbocycles. The number of nitrogens with one attached hydrogen (secondary N) is 1. The van der Waals surface area contributed by atoms with E-state index in [9.17, 15) is 9.90 Å². The van der Waals surface area contributed by atoms with E-state index in [0.717, 1.165) is 0 Å². The van der Waals surface area contributed by atoms with E-state index >= 15 is 0 Å². The zero-order valence-electron chi connectivity index (χ0n) is 6.88. The third-order valence-electron chi connectivity index (χ3n) is 1.74. The van der Waals surface area contributed by atoms with Crippen LogP contribution in [0.5, 0.6) is 0 Å². The Kier molecular flexibility index (Phi) is 1.86. The number of hydrogen-bond acceptors (Lipinski definition) is 5. The maximum absolute atomic E-state index is 10.5. The van der Waals surface area contributed by atoms with E-state index in [2.05, 4.69) is 20.4 Å². The molecule has 0 aromatic carbocycles. The van der Waals surface area contributed by atoms with Gasteiger partial charge in [0.05, 0.1) is 0 Å². The summed E-state index contributed by atoms with van der Waals surface area (Å²) in [4.78, 5) is 14.3. The minimum Gasteiger partial charge on any atom is -0.479 e. The van der Waals surface area contributed by atoms with Crippen molar-refractivity contribution in [3.05, 3.63) is 17.8 Å². The van der Waals surface area contributed by atoms with Crippen LogP contribution in [0, 0.1) is 0 Å². The zero-order chi connectivity index (χ0) is 10.1. The number of aromatic amines is 1. The number of aromatic nitrogens is 4. The van der Waals surface area contributed by atoms with E-state index in [1.165, 1.54) is 12.3 Å². The molecule has 0 aliphatic rings. The summed E-state index contributed by atoms with van der Waals surface area (Å²) in [5, 5.41) is 27.5. The average Bonchev–Trinajstić information content (AvgIpc) is 2.62. The fraction of sp³-hybridized carbons (Fsp3) is 0.143. The number of H-pyrrole nitrogens is 1. The molecule has 1 atom stereocenters. The summed E-state index contributed by atoms with van der Waals surface area (Å²) in [5.74, 6) is -1.32. The number of aliphatic hydroxyl groups is 1. The fourth-order valence-electron chi connectivity index (χ4n) is 1.05. The Hall–Kier alpha value is -2.02. The van der Waals surface area contributed by atoms with Crippen LogP contribution in [0.1, 0.15) is 11.7 Å². The molecule has 2 aromatic heterocycles. The largest absolute Gasteiger partial charge is 0.479 e. The van der Waals surface area contributed by atoms with Crippen LogP contribution in [0.2, 0.25) is 0 Å². The Morgan fingerprint density at radius 2 is 2.29 bits per heavy atom. The standard InChI is InChI=1S/C7H6N4O3/c12-5(7(13)14)3-1-4-6(8-2-3)10-11-9-4/h1-2,5,12H,(H,13,14)(H,8,9,10,11). The van der Waals surface area contributed by atoms with Gasteiger partial charge in [-0.05, 0) is 6.07 Å². The fourth-order valence-corrected chi connectivity index (χ4v) is 1.05. The number of hydrogen-bond donors (Lipinski definition) is 3. The van der Waals surface area contributed by atoms with Gasteiger partial charge < -0.3 is 10.2 Å². The molecule has 0 spiro atoms. The van der Waals surface area contributed by atoms with Crippen molar-refractivity contribution < 1.29 is 15.0 Å². The first kappa shape index (κ1) is 8.57. The van der Waals surface area contributed by atoms with E-state index in [0.29, 0.717) is 11.2 Å². The molecule has 1 unspecified atom stereocenters.